The third kappa shape index (κ3) is 4.01. The molecule has 0 amide bonds. The van der Waals surface area contributed by atoms with Gasteiger partial charge in [-0.05, 0) is 36.8 Å². The highest BCUT2D eigenvalue weighted by molar-refractivity contribution is 6.32. The van der Waals surface area contributed by atoms with Gasteiger partial charge in [0.25, 0.3) is 0 Å². The minimum absolute atomic E-state index is 0.340. The summed E-state index contributed by atoms with van der Waals surface area (Å²) in [5.74, 6) is 1.70. The maximum Gasteiger partial charge on any atom is 0.137 e. The number of nitrogens with one attached hydrogen (secondary N) is 1. The van der Waals surface area contributed by atoms with Gasteiger partial charge in [0, 0.05) is 19.0 Å². The van der Waals surface area contributed by atoms with Crippen molar-refractivity contribution in [1.29, 1.82) is 0 Å². The van der Waals surface area contributed by atoms with Crippen LogP contribution in [0.15, 0.2) is 41.0 Å². The molecule has 0 spiro atoms. The molecule has 3 nitrogen and oxygen atoms in total. The number of benzene rings is 1. The second kappa shape index (κ2) is 6.64. The standard InChI is InChI=1S/C15H18ClNO2/c1-11(8-13-4-3-7-19-13)17-10-12-5-6-15(18-2)14(16)9-12/h3-7,9,11,17H,8,10H2,1-2H3. The first-order valence-electron chi connectivity index (χ1n) is 6.27. The molecule has 0 radical (unpaired) electrons. The minimum atomic E-state index is 0.340. The van der Waals surface area contributed by atoms with Crippen molar-refractivity contribution < 1.29 is 9.15 Å². The van der Waals surface area contributed by atoms with E-state index in [1.54, 1.807) is 13.4 Å². The molecule has 1 aromatic carbocycles. The molecule has 0 aliphatic rings. The first-order valence-corrected chi connectivity index (χ1v) is 6.65. The van der Waals surface area contributed by atoms with Crippen molar-refractivity contribution in [3.63, 3.8) is 0 Å². The van der Waals surface area contributed by atoms with E-state index in [0.717, 1.165) is 24.3 Å². The fraction of sp³-hybridized carbons (Fsp3) is 0.333. The monoisotopic (exact) mass is 279 g/mol. The molecular weight excluding hydrogens is 262 g/mol. The summed E-state index contributed by atoms with van der Waals surface area (Å²) in [5.41, 5.74) is 1.14. The molecule has 0 saturated heterocycles. The van der Waals surface area contributed by atoms with Gasteiger partial charge in [-0.15, -0.1) is 0 Å². The van der Waals surface area contributed by atoms with Gasteiger partial charge in [-0.25, -0.2) is 0 Å². The molecule has 0 aliphatic heterocycles. The molecule has 4 heteroatoms. The van der Waals surface area contributed by atoms with Crippen LogP contribution in [-0.4, -0.2) is 13.2 Å². The van der Waals surface area contributed by atoms with Gasteiger partial charge in [-0.3, -0.25) is 0 Å². The Balaban J connectivity index is 1.86. The Morgan fingerprint density at radius 1 is 1.37 bits per heavy atom. The lowest BCUT2D eigenvalue weighted by molar-refractivity contribution is 0.414. The molecule has 19 heavy (non-hydrogen) atoms. The van der Waals surface area contributed by atoms with Crippen LogP contribution >= 0.6 is 11.6 Å². The third-order valence-electron chi connectivity index (χ3n) is 2.96. The van der Waals surface area contributed by atoms with Crippen LogP contribution in [0.3, 0.4) is 0 Å². The zero-order valence-corrected chi connectivity index (χ0v) is 11.9. The molecular formula is C15H18ClNO2. The molecule has 2 rings (SSSR count). The Kier molecular flexibility index (Phi) is 4.88. The lowest BCUT2D eigenvalue weighted by Gasteiger charge is -2.13. The minimum Gasteiger partial charge on any atom is -0.495 e. The van der Waals surface area contributed by atoms with E-state index in [2.05, 4.69) is 12.2 Å². The average Bonchev–Trinajstić information content (AvgIpc) is 2.89. The van der Waals surface area contributed by atoms with E-state index in [9.17, 15) is 0 Å². The first kappa shape index (κ1) is 14.0. The Morgan fingerprint density at radius 2 is 2.21 bits per heavy atom. The number of methoxy groups -OCH3 is 1. The van der Waals surface area contributed by atoms with E-state index >= 15 is 0 Å². The molecule has 1 heterocycles. The highest BCUT2D eigenvalue weighted by Crippen LogP contribution is 2.24. The number of hydrogen-bond acceptors (Lipinski definition) is 3. The van der Waals surface area contributed by atoms with E-state index in [0.29, 0.717) is 16.8 Å². The van der Waals surface area contributed by atoms with E-state index in [4.69, 9.17) is 20.8 Å². The van der Waals surface area contributed by atoms with Crippen LogP contribution in [-0.2, 0) is 13.0 Å². The molecule has 1 aromatic heterocycles. The van der Waals surface area contributed by atoms with Gasteiger partial charge in [0.05, 0.1) is 18.4 Å². The van der Waals surface area contributed by atoms with Gasteiger partial charge in [-0.1, -0.05) is 17.7 Å². The predicted molar refractivity (Wildman–Crippen MR) is 76.7 cm³/mol. The van der Waals surface area contributed by atoms with Crippen LogP contribution in [0.4, 0.5) is 0 Å². The molecule has 0 fully saturated rings. The average molecular weight is 280 g/mol. The highest BCUT2D eigenvalue weighted by Gasteiger charge is 2.06. The van der Waals surface area contributed by atoms with E-state index < -0.39 is 0 Å². The van der Waals surface area contributed by atoms with Crippen molar-refractivity contribution in [2.45, 2.75) is 25.9 Å². The summed E-state index contributed by atoms with van der Waals surface area (Å²) in [6, 6.07) is 10.1. The summed E-state index contributed by atoms with van der Waals surface area (Å²) >= 11 is 6.09. The summed E-state index contributed by atoms with van der Waals surface area (Å²) < 4.78 is 10.5. The predicted octanol–water partition coefficient (Wildman–Crippen LogP) is 3.66. The second-order valence-corrected chi connectivity index (χ2v) is 4.94. The van der Waals surface area contributed by atoms with Gasteiger partial charge in [0.1, 0.15) is 11.5 Å². The quantitative estimate of drug-likeness (QED) is 0.876. The summed E-state index contributed by atoms with van der Waals surface area (Å²) in [5, 5.41) is 4.08. The lowest BCUT2D eigenvalue weighted by Crippen LogP contribution is -2.27. The molecule has 0 aliphatic carbocycles. The Morgan fingerprint density at radius 3 is 2.84 bits per heavy atom. The van der Waals surface area contributed by atoms with Crippen molar-refractivity contribution >= 4 is 11.6 Å². The van der Waals surface area contributed by atoms with Crippen LogP contribution in [0.25, 0.3) is 0 Å². The lowest BCUT2D eigenvalue weighted by atomic mass is 10.1. The fourth-order valence-corrected chi connectivity index (χ4v) is 2.19. The van der Waals surface area contributed by atoms with Gasteiger partial charge in [0.15, 0.2) is 0 Å². The van der Waals surface area contributed by atoms with Gasteiger partial charge in [-0.2, -0.15) is 0 Å². The number of ether oxygens (including phenoxy) is 1. The Labute approximate surface area is 118 Å². The molecule has 1 N–H and O–H groups in total. The molecule has 0 saturated carbocycles. The zero-order chi connectivity index (χ0) is 13.7. The van der Waals surface area contributed by atoms with Crippen molar-refractivity contribution in [2.24, 2.45) is 0 Å². The van der Waals surface area contributed by atoms with Crippen LogP contribution in [0.2, 0.25) is 5.02 Å². The molecule has 102 valence electrons. The van der Waals surface area contributed by atoms with Gasteiger partial charge >= 0.3 is 0 Å². The fourth-order valence-electron chi connectivity index (χ4n) is 1.91. The van der Waals surface area contributed by atoms with Crippen molar-refractivity contribution in [1.82, 2.24) is 5.32 Å². The highest BCUT2D eigenvalue weighted by atomic mass is 35.5. The van der Waals surface area contributed by atoms with Crippen LogP contribution in [0.5, 0.6) is 5.75 Å². The Bertz CT molecular complexity index is 511. The maximum absolute atomic E-state index is 6.09. The largest absolute Gasteiger partial charge is 0.495 e. The van der Waals surface area contributed by atoms with E-state index in [1.807, 2.05) is 30.3 Å². The smallest absolute Gasteiger partial charge is 0.137 e. The zero-order valence-electron chi connectivity index (χ0n) is 11.2. The number of halogens is 1. The van der Waals surface area contributed by atoms with Crippen molar-refractivity contribution in [2.75, 3.05) is 7.11 Å². The van der Waals surface area contributed by atoms with Crippen molar-refractivity contribution in [3.8, 4) is 5.75 Å². The van der Waals surface area contributed by atoms with Gasteiger partial charge in [0.2, 0.25) is 0 Å². The Hall–Kier alpha value is -1.45. The summed E-state index contributed by atoms with van der Waals surface area (Å²) in [7, 11) is 1.62. The normalized spacial score (nSPS) is 12.4. The third-order valence-corrected chi connectivity index (χ3v) is 3.25. The number of rotatable bonds is 6. The number of furan rings is 1. The topological polar surface area (TPSA) is 34.4 Å². The molecule has 2 aromatic rings. The first-order chi connectivity index (χ1) is 9.19. The van der Waals surface area contributed by atoms with E-state index in [-0.39, 0.29) is 0 Å². The van der Waals surface area contributed by atoms with Crippen molar-refractivity contribution in [3.05, 3.63) is 52.9 Å². The van der Waals surface area contributed by atoms with Gasteiger partial charge < -0.3 is 14.5 Å². The molecule has 1 atom stereocenters. The summed E-state index contributed by atoms with van der Waals surface area (Å²) in [4.78, 5) is 0. The maximum atomic E-state index is 6.09. The molecule has 1 unspecified atom stereocenters. The van der Waals surface area contributed by atoms with Crippen LogP contribution in [0, 0.1) is 0 Å². The molecule has 0 bridgehead atoms. The SMILES string of the molecule is COc1ccc(CNC(C)Cc2ccco2)cc1Cl. The summed E-state index contributed by atoms with van der Waals surface area (Å²) in [6.45, 7) is 2.90. The van der Waals surface area contributed by atoms with Crippen LogP contribution < -0.4 is 10.1 Å². The number of hydrogen-bond donors (Lipinski definition) is 1. The summed E-state index contributed by atoms with van der Waals surface area (Å²) in [6.07, 6.45) is 2.57. The van der Waals surface area contributed by atoms with E-state index in [1.165, 1.54) is 0 Å². The van der Waals surface area contributed by atoms with Crippen LogP contribution in [0.1, 0.15) is 18.2 Å². The second-order valence-electron chi connectivity index (χ2n) is 4.53.